The van der Waals surface area contributed by atoms with Gasteiger partial charge in [-0.05, 0) is 89.9 Å². The molecule has 4 rings (SSSR count). The van der Waals surface area contributed by atoms with Crippen molar-refractivity contribution in [2.75, 3.05) is 41.3 Å². The standard InChI is InChI=1S/C25H26F4IN3O/c1-16-12-19(15-20(13-16)32-10-6-25(28,29)7-11-32)31-24(34)21-3-2-18(30)14-22(21)33-8-4-17(5-9-33)23(26)27/h2-3,12-15H,4-11H2,1H3,(H,31,34). The first-order valence-corrected chi connectivity index (χ1v) is 12.3. The van der Waals surface area contributed by atoms with Crippen molar-refractivity contribution in [3.05, 3.63) is 62.7 Å². The molecule has 0 spiro atoms. The molecule has 2 fully saturated rings. The number of hydrogen-bond acceptors (Lipinski definition) is 3. The maximum atomic E-state index is 13.6. The molecule has 0 radical (unpaired) electrons. The number of hydrogen-bond donors (Lipinski definition) is 1. The van der Waals surface area contributed by atoms with Crippen LogP contribution >= 0.6 is 22.6 Å². The number of anilines is 3. The van der Waals surface area contributed by atoms with Gasteiger partial charge in [0.15, 0.2) is 0 Å². The summed E-state index contributed by atoms with van der Waals surface area (Å²) in [4.78, 5) is 17.2. The van der Waals surface area contributed by atoms with Crippen LogP contribution in [0.25, 0.3) is 0 Å². The second-order valence-corrected chi connectivity index (χ2v) is 10.1. The van der Waals surface area contributed by atoms with Crippen molar-refractivity contribution >= 4 is 45.6 Å². The molecule has 9 heteroatoms. The van der Waals surface area contributed by atoms with Crippen molar-refractivity contribution < 1.29 is 22.4 Å². The number of aryl methyl sites for hydroxylation is 1. The minimum absolute atomic E-state index is 0.177. The summed E-state index contributed by atoms with van der Waals surface area (Å²) in [5, 5.41) is 2.95. The van der Waals surface area contributed by atoms with Crippen LogP contribution in [0.4, 0.5) is 34.6 Å². The molecule has 0 bridgehead atoms. The van der Waals surface area contributed by atoms with Crippen LogP contribution in [0.15, 0.2) is 48.1 Å². The number of halogens is 5. The fourth-order valence-corrected chi connectivity index (χ4v) is 4.95. The Balaban J connectivity index is 1.53. The van der Waals surface area contributed by atoms with E-state index in [0.717, 1.165) is 14.8 Å². The highest BCUT2D eigenvalue weighted by atomic mass is 127. The van der Waals surface area contributed by atoms with E-state index in [-0.39, 0.29) is 50.3 Å². The Morgan fingerprint density at radius 2 is 1.65 bits per heavy atom. The van der Waals surface area contributed by atoms with E-state index in [0.29, 0.717) is 30.0 Å². The lowest BCUT2D eigenvalue weighted by molar-refractivity contribution is -0.0220. The molecular formula is C25H26F4IN3O. The lowest BCUT2D eigenvalue weighted by atomic mass is 10.0. The highest BCUT2D eigenvalue weighted by Gasteiger charge is 2.34. The maximum Gasteiger partial charge on any atom is 0.269 e. The Morgan fingerprint density at radius 1 is 0.971 bits per heavy atom. The largest absolute Gasteiger partial charge is 0.371 e. The van der Waals surface area contributed by atoms with E-state index < -0.39 is 12.0 Å². The number of nitrogens with zero attached hydrogens (tertiary/aromatic N) is 2. The highest BCUT2D eigenvalue weighted by molar-refractivity contribution is 14.1. The van der Waals surface area contributed by atoms with Crippen LogP contribution in [0.1, 0.15) is 41.6 Å². The minimum Gasteiger partial charge on any atom is -0.371 e. The summed E-state index contributed by atoms with van der Waals surface area (Å²) < 4.78 is 54.0. The van der Waals surface area contributed by atoms with Crippen molar-refractivity contribution in [1.82, 2.24) is 0 Å². The monoisotopic (exact) mass is 587 g/mol. The number of carbonyl (C=O) groups excluding carboxylic acids is 1. The van der Waals surface area contributed by atoms with Crippen molar-refractivity contribution in [2.45, 2.75) is 38.5 Å². The molecule has 2 aliphatic rings. The average Bonchev–Trinajstić information content (AvgIpc) is 2.78. The molecule has 1 amide bonds. The quantitative estimate of drug-likeness (QED) is 0.315. The SMILES string of the molecule is Cc1cc(NC(=O)c2ccc(I)cc2N2CCC(=C(F)F)CC2)cc(N2CCC(F)(F)CC2)c1. The normalized spacial score (nSPS) is 18.1. The Hall–Kier alpha value is -2.30. The second kappa shape index (κ2) is 10.1. The third kappa shape index (κ3) is 5.84. The number of amides is 1. The van der Waals surface area contributed by atoms with E-state index in [9.17, 15) is 22.4 Å². The summed E-state index contributed by atoms with van der Waals surface area (Å²) in [6.07, 6.45) is -1.44. The molecule has 2 aliphatic heterocycles. The van der Waals surface area contributed by atoms with Gasteiger partial charge in [0.05, 0.1) is 11.3 Å². The van der Waals surface area contributed by atoms with Crippen LogP contribution in [0.2, 0.25) is 0 Å². The van der Waals surface area contributed by atoms with Crippen LogP contribution in [-0.4, -0.2) is 38.0 Å². The average molecular weight is 587 g/mol. The zero-order chi connectivity index (χ0) is 24.5. The Kier molecular flexibility index (Phi) is 7.39. The minimum atomic E-state index is -2.63. The number of carbonyl (C=O) groups is 1. The van der Waals surface area contributed by atoms with E-state index in [1.165, 1.54) is 0 Å². The fourth-order valence-electron chi connectivity index (χ4n) is 4.47. The van der Waals surface area contributed by atoms with E-state index in [2.05, 4.69) is 27.9 Å². The van der Waals surface area contributed by atoms with E-state index in [4.69, 9.17) is 0 Å². The summed E-state index contributed by atoms with van der Waals surface area (Å²) in [5.74, 6) is -2.93. The summed E-state index contributed by atoms with van der Waals surface area (Å²) in [6, 6.07) is 11.1. The molecule has 4 nitrogen and oxygen atoms in total. The molecule has 182 valence electrons. The van der Waals surface area contributed by atoms with Gasteiger partial charge in [0, 0.05) is 54.0 Å². The van der Waals surface area contributed by atoms with Crippen molar-refractivity contribution in [1.29, 1.82) is 0 Å². The molecule has 2 aromatic rings. The molecule has 2 heterocycles. The number of benzene rings is 2. The molecule has 0 saturated carbocycles. The van der Waals surface area contributed by atoms with Crippen LogP contribution in [0.5, 0.6) is 0 Å². The van der Waals surface area contributed by atoms with Gasteiger partial charge in [0.1, 0.15) is 0 Å². The zero-order valence-electron chi connectivity index (χ0n) is 18.8. The fraction of sp³-hybridized carbons (Fsp3) is 0.400. The summed E-state index contributed by atoms with van der Waals surface area (Å²) in [6.45, 7) is 3.26. The topological polar surface area (TPSA) is 35.6 Å². The predicted octanol–water partition coefficient (Wildman–Crippen LogP) is 6.84. The lowest BCUT2D eigenvalue weighted by Crippen LogP contribution is -2.39. The maximum absolute atomic E-state index is 13.6. The zero-order valence-corrected chi connectivity index (χ0v) is 21.0. The van der Waals surface area contributed by atoms with Gasteiger partial charge >= 0.3 is 0 Å². The van der Waals surface area contributed by atoms with Gasteiger partial charge in [0.2, 0.25) is 0 Å². The predicted molar refractivity (Wildman–Crippen MR) is 135 cm³/mol. The van der Waals surface area contributed by atoms with Crippen LogP contribution < -0.4 is 15.1 Å². The number of alkyl halides is 2. The van der Waals surface area contributed by atoms with Gasteiger partial charge in [-0.25, -0.2) is 8.78 Å². The Morgan fingerprint density at radius 3 is 2.29 bits per heavy atom. The van der Waals surface area contributed by atoms with E-state index >= 15 is 0 Å². The summed E-state index contributed by atoms with van der Waals surface area (Å²) in [7, 11) is 0. The first-order chi connectivity index (χ1) is 16.1. The Labute approximate surface area is 210 Å². The molecular weight excluding hydrogens is 561 g/mol. The Bertz CT molecular complexity index is 1100. The second-order valence-electron chi connectivity index (χ2n) is 8.87. The molecule has 0 atom stereocenters. The van der Waals surface area contributed by atoms with Gasteiger partial charge in [-0.15, -0.1) is 0 Å². The van der Waals surface area contributed by atoms with Gasteiger partial charge in [0.25, 0.3) is 17.9 Å². The van der Waals surface area contributed by atoms with Gasteiger partial charge in [-0.1, -0.05) is 0 Å². The highest BCUT2D eigenvalue weighted by Crippen LogP contribution is 2.33. The third-order valence-corrected chi connectivity index (χ3v) is 7.03. The van der Waals surface area contributed by atoms with Crippen molar-refractivity contribution in [2.24, 2.45) is 0 Å². The first kappa shape index (κ1) is 24.8. The number of rotatable bonds is 4. The molecule has 0 aliphatic carbocycles. The molecule has 2 aromatic carbocycles. The number of nitrogens with one attached hydrogen (secondary N) is 1. The molecule has 0 unspecified atom stereocenters. The molecule has 1 N–H and O–H groups in total. The van der Waals surface area contributed by atoms with Gasteiger partial charge < -0.3 is 15.1 Å². The third-order valence-electron chi connectivity index (χ3n) is 6.36. The van der Waals surface area contributed by atoms with Crippen molar-refractivity contribution in [3.8, 4) is 0 Å². The smallest absolute Gasteiger partial charge is 0.269 e. The number of piperidine rings is 2. The molecule has 34 heavy (non-hydrogen) atoms. The van der Waals surface area contributed by atoms with E-state index in [1.54, 1.807) is 6.07 Å². The molecule has 2 saturated heterocycles. The molecule has 0 aromatic heterocycles. The van der Waals surface area contributed by atoms with E-state index in [1.807, 2.05) is 47.1 Å². The summed E-state index contributed by atoms with van der Waals surface area (Å²) >= 11 is 2.17. The lowest BCUT2D eigenvalue weighted by Gasteiger charge is -2.33. The van der Waals surface area contributed by atoms with Crippen LogP contribution in [0.3, 0.4) is 0 Å². The first-order valence-electron chi connectivity index (χ1n) is 11.2. The van der Waals surface area contributed by atoms with Gasteiger partial charge in [-0.2, -0.15) is 8.78 Å². The van der Waals surface area contributed by atoms with Crippen LogP contribution in [-0.2, 0) is 0 Å². The van der Waals surface area contributed by atoms with Crippen LogP contribution in [0, 0.1) is 10.5 Å². The summed E-state index contributed by atoms with van der Waals surface area (Å²) in [5.41, 5.74) is 3.66. The van der Waals surface area contributed by atoms with Crippen molar-refractivity contribution in [3.63, 3.8) is 0 Å². The van der Waals surface area contributed by atoms with Gasteiger partial charge in [-0.3, -0.25) is 4.79 Å².